The first kappa shape index (κ1) is 12.8. The number of aromatic nitrogens is 3. The van der Waals surface area contributed by atoms with Gasteiger partial charge in [-0.2, -0.15) is 15.4 Å². The van der Waals surface area contributed by atoms with Gasteiger partial charge >= 0.3 is 0 Å². The van der Waals surface area contributed by atoms with Gasteiger partial charge in [-0.3, -0.25) is 9.00 Å². The molecule has 0 radical (unpaired) electrons. The topological polar surface area (TPSA) is 79.0 Å². The summed E-state index contributed by atoms with van der Waals surface area (Å²) in [5.41, 5.74) is 1.27. The van der Waals surface area contributed by atoms with E-state index in [-0.39, 0.29) is 11.8 Å². The minimum atomic E-state index is -0.811. The van der Waals surface area contributed by atoms with Crippen LogP contribution in [0.1, 0.15) is 41.9 Å². The average molecular weight is 282 g/mol. The van der Waals surface area contributed by atoms with Crippen LogP contribution in [0.4, 0.5) is 0 Å². The van der Waals surface area contributed by atoms with E-state index in [2.05, 4.69) is 15.4 Å². The smallest absolute Gasteiger partial charge is 0.276 e. The highest BCUT2D eigenvalue weighted by Crippen LogP contribution is 2.40. The largest absolute Gasteiger partial charge is 0.336 e. The molecule has 0 spiro atoms. The molecule has 3 rings (SSSR count). The van der Waals surface area contributed by atoms with Gasteiger partial charge in [-0.15, -0.1) is 0 Å². The fraction of sp³-hybridized carbons (Fsp3) is 0.750. The maximum Gasteiger partial charge on any atom is 0.276 e. The van der Waals surface area contributed by atoms with E-state index in [9.17, 15) is 9.00 Å². The summed E-state index contributed by atoms with van der Waals surface area (Å²) in [6, 6.07) is 0. The van der Waals surface area contributed by atoms with Gasteiger partial charge in [-0.05, 0) is 18.8 Å². The Balaban J connectivity index is 1.78. The maximum absolute atomic E-state index is 12.5. The van der Waals surface area contributed by atoms with Crippen molar-refractivity contribution < 1.29 is 9.00 Å². The molecule has 2 atom stereocenters. The Morgan fingerprint density at radius 3 is 2.95 bits per heavy atom. The van der Waals surface area contributed by atoms with Crippen LogP contribution in [-0.2, 0) is 10.8 Å². The van der Waals surface area contributed by atoms with Crippen molar-refractivity contribution in [1.82, 2.24) is 20.3 Å². The van der Waals surface area contributed by atoms with Crippen LogP contribution in [0.15, 0.2) is 0 Å². The second kappa shape index (κ2) is 5.03. The van der Waals surface area contributed by atoms with Crippen molar-refractivity contribution in [1.29, 1.82) is 0 Å². The summed E-state index contributed by atoms with van der Waals surface area (Å²) in [6.07, 6.45) is 2.18. The molecule has 6 nitrogen and oxygen atoms in total. The van der Waals surface area contributed by atoms with Gasteiger partial charge in [-0.25, -0.2) is 0 Å². The molecular formula is C12H18N4O2S. The fourth-order valence-electron chi connectivity index (χ4n) is 2.51. The molecule has 1 aromatic rings. The van der Waals surface area contributed by atoms with Crippen LogP contribution in [-0.4, -0.2) is 55.0 Å². The molecule has 1 aliphatic heterocycles. The zero-order valence-electron chi connectivity index (χ0n) is 11.0. The highest BCUT2D eigenvalue weighted by molar-refractivity contribution is 7.85. The molecule has 0 bridgehead atoms. The lowest BCUT2D eigenvalue weighted by Crippen LogP contribution is -2.36. The van der Waals surface area contributed by atoms with E-state index < -0.39 is 10.8 Å². The van der Waals surface area contributed by atoms with E-state index in [4.69, 9.17) is 0 Å². The van der Waals surface area contributed by atoms with Crippen molar-refractivity contribution in [3.63, 3.8) is 0 Å². The van der Waals surface area contributed by atoms with Crippen molar-refractivity contribution >= 4 is 16.7 Å². The molecule has 2 heterocycles. The molecule has 1 N–H and O–H groups in total. The van der Waals surface area contributed by atoms with E-state index in [1.54, 1.807) is 4.90 Å². The number of nitrogens with one attached hydrogen (secondary N) is 1. The predicted molar refractivity (Wildman–Crippen MR) is 71.3 cm³/mol. The van der Waals surface area contributed by atoms with E-state index in [1.165, 1.54) is 0 Å². The molecule has 1 amide bonds. The molecule has 19 heavy (non-hydrogen) atoms. The Morgan fingerprint density at radius 1 is 1.42 bits per heavy atom. The van der Waals surface area contributed by atoms with Crippen LogP contribution in [0.5, 0.6) is 0 Å². The van der Waals surface area contributed by atoms with E-state index in [1.807, 2.05) is 6.92 Å². The van der Waals surface area contributed by atoms with Crippen molar-refractivity contribution in [2.24, 2.45) is 5.92 Å². The lowest BCUT2D eigenvalue weighted by atomic mass is 10.1. The van der Waals surface area contributed by atoms with Crippen LogP contribution in [0.25, 0.3) is 0 Å². The fourth-order valence-corrected chi connectivity index (χ4v) is 3.84. The molecule has 104 valence electrons. The Labute approximate surface area is 114 Å². The Kier molecular flexibility index (Phi) is 3.38. The standard InChI is InChI=1S/C12H18N4O2S/c1-8-6-16(4-5-19(18)7-8)12(17)11-10(9-2-3-9)13-15-14-11/h8-9H,2-7H2,1H3,(H,13,14,15). The lowest BCUT2D eigenvalue weighted by molar-refractivity contribution is 0.0744. The third-order valence-corrected chi connectivity index (χ3v) is 5.20. The number of amides is 1. The van der Waals surface area contributed by atoms with Crippen molar-refractivity contribution in [2.75, 3.05) is 24.6 Å². The molecule has 2 aliphatic rings. The van der Waals surface area contributed by atoms with E-state index in [0.717, 1.165) is 18.5 Å². The van der Waals surface area contributed by atoms with Crippen LogP contribution >= 0.6 is 0 Å². The molecule has 0 aromatic carbocycles. The second-order valence-electron chi connectivity index (χ2n) is 5.50. The summed E-state index contributed by atoms with van der Waals surface area (Å²) >= 11 is 0. The highest BCUT2D eigenvalue weighted by atomic mass is 32.2. The van der Waals surface area contributed by atoms with Gasteiger partial charge in [0.2, 0.25) is 0 Å². The number of carbonyl (C=O) groups is 1. The van der Waals surface area contributed by atoms with Gasteiger partial charge in [-0.1, -0.05) is 6.92 Å². The molecule has 7 heteroatoms. The molecule has 1 aliphatic carbocycles. The van der Waals surface area contributed by atoms with Gasteiger partial charge in [0.05, 0.1) is 5.69 Å². The number of rotatable bonds is 2. The Bertz CT molecular complexity index is 512. The molecule has 1 aromatic heterocycles. The number of hydrogen-bond acceptors (Lipinski definition) is 4. The van der Waals surface area contributed by atoms with Crippen molar-refractivity contribution in [3.05, 3.63) is 11.4 Å². The Morgan fingerprint density at radius 2 is 2.21 bits per heavy atom. The van der Waals surface area contributed by atoms with Crippen LogP contribution < -0.4 is 0 Å². The number of carbonyl (C=O) groups excluding carboxylic acids is 1. The molecular weight excluding hydrogens is 264 g/mol. The maximum atomic E-state index is 12.5. The summed E-state index contributed by atoms with van der Waals surface area (Å²) in [5.74, 6) is 1.84. The molecule has 2 unspecified atom stereocenters. The first-order valence-corrected chi connectivity index (χ1v) is 8.19. The normalized spacial score (nSPS) is 28.2. The van der Waals surface area contributed by atoms with Crippen molar-refractivity contribution in [3.8, 4) is 0 Å². The quantitative estimate of drug-likeness (QED) is 0.858. The summed E-state index contributed by atoms with van der Waals surface area (Å²) in [5, 5.41) is 10.7. The third-order valence-electron chi connectivity index (χ3n) is 3.62. The summed E-state index contributed by atoms with van der Waals surface area (Å²) in [6.45, 7) is 3.24. The summed E-state index contributed by atoms with van der Waals surface area (Å²) in [7, 11) is -0.811. The van der Waals surface area contributed by atoms with Crippen molar-refractivity contribution in [2.45, 2.75) is 25.7 Å². The molecule has 1 saturated heterocycles. The Hall–Kier alpha value is -1.24. The van der Waals surface area contributed by atoms with Gasteiger partial charge in [0, 0.05) is 41.3 Å². The minimum Gasteiger partial charge on any atom is -0.336 e. The SMILES string of the molecule is CC1CN(C(=O)c2n[nH]nc2C2CC2)CCS(=O)C1. The van der Waals surface area contributed by atoms with Crippen LogP contribution in [0.2, 0.25) is 0 Å². The van der Waals surface area contributed by atoms with E-state index >= 15 is 0 Å². The van der Waals surface area contributed by atoms with Gasteiger partial charge in [0.1, 0.15) is 0 Å². The van der Waals surface area contributed by atoms with Gasteiger partial charge < -0.3 is 4.90 Å². The number of hydrogen-bond donors (Lipinski definition) is 1. The minimum absolute atomic E-state index is 0.0681. The predicted octanol–water partition coefficient (Wildman–Crippen LogP) is 0.523. The second-order valence-corrected chi connectivity index (χ2v) is 7.12. The molecule has 2 fully saturated rings. The molecule has 1 saturated carbocycles. The number of aromatic amines is 1. The average Bonchev–Trinajstić information content (AvgIpc) is 3.13. The zero-order valence-corrected chi connectivity index (χ0v) is 11.8. The van der Waals surface area contributed by atoms with Crippen LogP contribution in [0, 0.1) is 5.92 Å². The summed E-state index contributed by atoms with van der Waals surface area (Å²) < 4.78 is 11.7. The monoisotopic (exact) mass is 282 g/mol. The number of H-pyrrole nitrogens is 1. The van der Waals surface area contributed by atoms with Gasteiger partial charge in [0.15, 0.2) is 5.69 Å². The zero-order chi connectivity index (χ0) is 13.4. The highest BCUT2D eigenvalue weighted by Gasteiger charge is 2.34. The first-order valence-electron chi connectivity index (χ1n) is 6.70. The summed E-state index contributed by atoms with van der Waals surface area (Å²) in [4.78, 5) is 14.3. The van der Waals surface area contributed by atoms with Gasteiger partial charge in [0.25, 0.3) is 5.91 Å². The van der Waals surface area contributed by atoms with E-state index in [0.29, 0.717) is 36.2 Å². The third kappa shape index (κ3) is 2.70. The lowest BCUT2D eigenvalue weighted by Gasteiger charge is -2.21. The number of nitrogens with zero attached hydrogens (tertiary/aromatic N) is 3. The van der Waals surface area contributed by atoms with Crippen LogP contribution in [0.3, 0.4) is 0 Å². The first-order chi connectivity index (χ1) is 9.15.